The molecular formula is C18H26O3. The number of rotatable bonds is 3. The molecule has 1 fully saturated rings. The zero-order valence-corrected chi connectivity index (χ0v) is 13.5. The maximum absolute atomic E-state index is 11.3. The molecule has 3 heteroatoms. The molecule has 3 nitrogen and oxygen atoms in total. The van der Waals surface area contributed by atoms with Crippen molar-refractivity contribution in [3.8, 4) is 5.75 Å². The SMILES string of the molecule is CC(=O)O[C@@H]1CCCC[C@H]1c1ccc(OC(C)(C)C)cc1. The van der Waals surface area contributed by atoms with Crippen molar-refractivity contribution >= 4 is 5.97 Å². The van der Waals surface area contributed by atoms with E-state index in [4.69, 9.17) is 9.47 Å². The lowest BCUT2D eigenvalue weighted by Crippen LogP contribution is -2.28. The summed E-state index contributed by atoms with van der Waals surface area (Å²) in [5, 5.41) is 0. The highest BCUT2D eigenvalue weighted by Crippen LogP contribution is 2.36. The summed E-state index contributed by atoms with van der Waals surface area (Å²) in [4.78, 5) is 11.3. The first-order valence-corrected chi connectivity index (χ1v) is 7.81. The van der Waals surface area contributed by atoms with Gasteiger partial charge in [0.25, 0.3) is 0 Å². The Morgan fingerprint density at radius 2 is 1.71 bits per heavy atom. The molecule has 21 heavy (non-hydrogen) atoms. The summed E-state index contributed by atoms with van der Waals surface area (Å²) in [6, 6.07) is 8.24. The standard InChI is InChI=1S/C18H26O3/c1-13(19)20-17-8-6-5-7-16(17)14-9-11-15(12-10-14)21-18(2,3)4/h9-12,16-17H,5-8H2,1-4H3/t16-,17+/m0/s1. The van der Waals surface area contributed by atoms with E-state index >= 15 is 0 Å². The molecule has 1 aliphatic carbocycles. The van der Waals surface area contributed by atoms with Crippen molar-refractivity contribution in [1.29, 1.82) is 0 Å². The van der Waals surface area contributed by atoms with Crippen molar-refractivity contribution in [3.05, 3.63) is 29.8 Å². The highest BCUT2D eigenvalue weighted by molar-refractivity contribution is 5.66. The summed E-state index contributed by atoms with van der Waals surface area (Å²) in [6.45, 7) is 7.61. The summed E-state index contributed by atoms with van der Waals surface area (Å²) >= 11 is 0. The van der Waals surface area contributed by atoms with Crippen molar-refractivity contribution in [2.24, 2.45) is 0 Å². The smallest absolute Gasteiger partial charge is 0.302 e. The van der Waals surface area contributed by atoms with Gasteiger partial charge in [-0.3, -0.25) is 4.79 Å². The molecule has 1 saturated carbocycles. The second-order valence-electron chi connectivity index (χ2n) is 6.82. The molecule has 0 spiro atoms. The molecular weight excluding hydrogens is 264 g/mol. The van der Waals surface area contributed by atoms with E-state index in [1.54, 1.807) is 0 Å². The average molecular weight is 290 g/mol. The van der Waals surface area contributed by atoms with E-state index in [2.05, 4.69) is 12.1 Å². The van der Waals surface area contributed by atoms with E-state index in [1.165, 1.54) is 18.9 Å². The third kappa shape index (κ3) is 4.76. The lowest BCUT2D eigenvalue weighted by molar-refractivity contribution is -0.148. The van der Waals surface area contributed by atoms with E-state index in [9.17, 15) is 4.79 Å². The molecule has 0 amide bonds. The predicted molar refractivity (Wildman–Crippen MR) is 83.6 cm³/mol. The molecule has 0 heterocycles. The second kappa shape index (κ2) is 6.50. The Bertz CT molecular complexity index is 470. The van der Waals surface area contributed by atoms with Gasteiger partial charge in [-0.05, 0) is 57.7 Å². The van der Waals surface area contributed by atoms with E-state index < -0.39 is 0 Å². The first-order valence-electron chi connectivity index (χ1n) is 7.81. The number of carbonyl (C=O) groups is 1. The van der Waals surface area contributed by atoms with E-state index in [1.807, 2.05) is 32.9 Å². The molecule has 2 atom stereocenters. The average Bonchev–Trinajstić information content (AvgIpc) is 2.38. The van der Waals surface area contributed by atoms with Crippen LogP contribution in [-0.2, 0) is 9.53 Å². The lowest BCUT2D eigenvalue weighted by atomic mass is 9.81. The molecule has 1 aromatic carbocycles. The van der Waals surface area contributed by atoms with Gasteiger partial charge in [-0.1, -0.05) is 18.6 Å². The van der Waals surface area contributed by atoms with Crippen LogP contribution in [0.25, 0.3) is 0 Å². The quantitative estimate of drug-likeness (QED) is 0.771. The minimum atomic E-state index is -0.188. The van der Waals surface area contributed by atoms with Crippen LogP contribution in [0.1, 0.15) is 64.9 Å². The van der Waals surface area contributed by atoms with Crippen molar-refractivity contribution in [1.82, 2.24) is 0 Å². The Labute approximate surface area is 127 Å². The molecule has 0 bridgehead atoms. The van der Waals surface area contributed by atoms with Gasteiger partial charge in [0, 0.05) is 12.8 Å². The largest absolute Gasteiger partial charge is 0.488 e. The van der Waals surface area contributed by atoms with Crippen LogP contribution < -0.4 is 4.74 Å². The Balaban J connectivity index is 2.10. The number of esters is 1. The highest BCUT2D eigenvalue weighted by Gasteiger charge is 2.28. The minimum Gasteiger partial charge on any atom is -0.488 e. The van der Waals surface area contributed by atoms with Gasteiger partial charge in [-0.2, -0.15) is 0 Å². The molecule has 2 rings (SSSR count). The van der Waals surface area contributed by atoms with Crippen molar-refractivity contribution in [3.63, 3.8) is 0 Å². The molecule has 0 N–H and O–H groups in total. The third-order valence-corrected chi connectivity index (χ3v) is 3.75. The van der Waals surface area contributed by atoms with E-state index in [0.717, 1.165) is 25.0 Å². The van der Waals surface area contributed by atoms with Crippen molar-refractivity contribution in [2.75, 3.05) is 0 Å². The lowest BCUT2D eigenvalue weighted by Gasteiger charge is -2.31. The Morgan fingerprint density at radius 1 is 1.10 bits per heavy atom. The van der Waals surface area contributed by atoms with E-state index in [-0.39, 0.29) is 17.7 Å². The van der Waals surface area contributed by atoms with Crippen LogP contribution in [0.15, 0.2) is 24.3 Å². The predicted octanol–water partition coefficient (Wildman–Crippen LogP) is 4.45. The van der Waals surface area contributed by atoms with Gasteiger partial charge >= 0.3 is 5.97 Å². The third-order valence-electron chi connectivity index (χ3n) is 3.75. The normalized spacial score (nSPS) is 22.7. The summed E-state index contributed by atoms with van der Waals surface area (Å²) in [6.07, 6.45) is 4.40. The van der Waals surface area contributed by atoms with E-state index in [0.29, 0.717) is 5.92 Å². The minimum absolute atomic E-state index is 0.0191. The summed E-state index contributed by atoms with van der Waals surface area (Å²) in [7, 11) is 0. The summed E-state index contributed by atoms with van der Waals surface area (Å²) in [5.41, 5.74) is 1.05. The second-order valence-corrected chi connectivity index (χ2v) is 6.82. The van der Waals surface area contributed by atoms with Gasteiger partial charge in [-0.15, -0.1) is 0 Å². The first-order chi connectivity index (χ1) is 9.85. The van der Waals surface area contributed by atoms with Crippen LogP contribution in [0.3, 0.4) is 0 Å². The molecule has 0 saturated heterocycles. The Kier molecular flexibility index (Phi) is 4.92. The van der Waals surface area contributed by atoms with Gasteiger partial charge in [0.15, 0.2) is 0 Å². The monoisotopic (exact) mass is 290 g/mol. The van der Waals surface area contributed by atoms with Crippen LogP contribution in [0.4, 0.5) is 0 Å². The van der Waals surface area contributed by atoms with Crippen LogP contribution >= 0.6 is 0 Å². The molecule has 1 aromatic rings. The maximum Gasteiger partial charge on any atom is 0.302 e. The zero-order valence-electron chi connectivity index (χ0n) is 13.5. The molecule has 1 aliphatic rings. The van der Waals surface area contributed by atoms with Crippen molar-refractivity contribution in [2.45, 2.75) is 71.0 Å². The first kappa shape index (κ1) is 15.9. The van der Waals surface area contributed by atoms with Crippen molar-refractivity contribution < 1.29 is 14.3 Å². The number of benzene rings is 1. The molecule has 0 aromatic heterocycles. The Hall–Kier alpha value is -1.51. The summed E-state index contributed by atoms with van der Waals surface area (Å²) < 4.78 is 11.3. The summed E-state index contributed by atoms with van der Waals surface area (Å²) in [5.74, 6) is 1.01. The van der Waals surface area contributed by atoms with Gasteiger partial charge < -0.3 is 9.47 Å². The topological polar surface area (TPSA) is 35.5 Å². The molecule has 0 aliphatic heterocycles. The van der Waals surface area contributed by atoms with Gasteiger partial charge in [-0.25, -0.2) is 0 Å². The molecule has 116 valence electrons. The fourth-order valence-electron chi connectivity index (χ4n) is 2.97. The van der Waals surface area contributed by atoms with Crippen LogP contribution in [0, 0.1) is 0 Å². The molecule has 0 unspecified atom stereocenters. The van der Waals surface area contributed by atoms with Crippen LogP contribution in [-0.4, -0.2) is 17.7 Å². The highest BCUT2D eigenvalue weighted by atomic mass is 16.5. The molecule has 0 radical (unpaired) electrons. The van der Waals surface area contributed by atoms with Gasteiger partial charge in [0.2, 0.25) is 0 Å². The zero-order chi connectivity index (χ0) is 15.5. The number of ether oxygens (including phenoxy) is 2. The fraction of sp³-hybridized carbons (Fsp3) is 0.611. The van der Waals surface area contributed by atoms with Gasteiger partial charge in [0.1, 0.15) is 17.5 Å². The van der Waals surface area contributed by atoms with Crippen LogP contribution in [0.2, 0.25) is 0 Å². The maximum atomic E-state index is 11.3. The number of carbonyl (C=O) groups excluding carboxylic acids is 1. The van der Waals surface area contributed by atoms with Gasteiger partial charge in [0.05, 0.1) is 0 Å². The Morgan fingerprint density at radius 3 is 2.29 bits per heavy atom. The number of hydrogen-bond donors (Lipinski definition) is 0. The number of hydrogen-bond acceptors (Lipinski definition) is 3. The fourth-order valence-corrected chi connectivity index (χ4v) is 2.97. The van der Waals surface area contributed by atoms with Crippen LogP contribution in [0.5, 0.6) is 5.75 Å².